The fraction of sp³-hybridized carbons (Fsp3) is 0.381. The summed E-state index contributed by atoms with van der Waals surface area (Å²) >= 11 is 0. The van der Waals surface area contributed by atoms with Crippen LogP contribution in [0.2, 0.25) is 0 Å². The van der Waals surface area contributed by atoms with E-state index in [0.717, 1.165) is 24.2 Å². The molecule has 174 valence electrons. The number of hydrogen-bond acceptors (Lipinski definition) is 7. The fourth-order valence-electron chi connectivity index (χ4n) is 4.23. The van der Waals surface area contributed by atoms with Crippen LogP contribution in [0.1, 0.15) is 32.6 Å². The molecular weight excluding hydrogens is 448 g/mol. The second-order valence-corrected chi connectivity index (χ2v) is 9.87. The van der Waals surface area contributed by atoms with Crippen LogP contribution in [0.25, 0.3) is 0 Å². The maximum atomic E-state index is 13.0. The molecule has 1 aliphatic heterocycles. The van der Waals surface area contributed by atoms with E-state index >= 15 is 0 Å². The molecule has 3 N–H and O–H groups in total. The minimum absolute atomic E-state index is 0.000139. The van der Waals surface area contributed by atoms with Crippen molar-refractivity contribution in [1.82, 2.24) is 20.2 Å². The highest BCUT2D eigenvalue weighted by Gasteiger charge is 2.55. The SMILES string of the molecule is C[C@@H]1CCCC[C@]12NC(=O)N(CC(=O)Nc1ccc(S(=O)(=O)Nc3ncccn3)cc1)C2=O. The Morgan fingerprint density at radius 2 is 1.88 bits per heavy atom. The Morgan fingerprint density at radius 3 is 2.55 bits per heavy atom. The van der Waals surface area contributed by atoms with Gasteiger partial charge in [0.2, 0.25) is 11.9 Å². The van der Waals surface area contributed by atoms with Crippen LogP contribution >= 0.6 is 0 Å². The number of aromatic nitrogens is 2. The lowest BCUT2D eigenvalue weighted by Gasteiger charge is -2.36. The van der Waals surface area contributed by atoms with Crippen molar-refractivity contribution in [3.63, 3.8) is 0 Å². The van der Waals surface area contributed by atoms with E-state index in [1.54, 1.807) is 6.07 Å². The Labute approximate surface area is 191 Å². The molecule has 2 fully saturated rings. The first kappa shape index (κ1) is 22.6. The first-order valence-corrected chi connectivity index (χ1v) is 12.0. The van der Waals surface area contributed by atoms with Gasteiger partial charge in [-0.25, -0.2) is 27.9 Å². The van der Waals surface area contributed by atoms with Gasteiger partial charge in [0.15, 0.2) is 0 Å². The lowest BCUT2D eigenvalue weighted by Crippen LogP contribution is -2.54. The summed E-state index contributed by atoms with van der Waals surface area (Å²) in [5.74, 6) is -0.996. The van der Waals surface area contributed by atoms with Crippen molar-refractivity contribution in [3.8, 4) is 0 Å². The number of nitrogens with zero attached hydrogens (tertiary/aromatic N) is 3. The highest BCUT2D eigenvalue weighted by Crippen LogP contribution is 2.38. The Balaban J connectivity index is 1.39. The van der Waals surface area contributed by atoms with Crippen LogP contribution in [0.3, 0.4) is 0 Å². The number of sulfonamides is 1. The predicted molar refractivity (Wildman–Crippen MR) is 119 cm³/mol. The first-order valence-electron chi connectivity index (χ1n) is 10.6. The maximum absolute atomic E-state index is 13.0. The number of imide groups is 1. The largest absolute Gasteiger partial charge is 0.325 e. The summed E-state index contributed by atoms with van der Waals surface area (Å²) < 4.78 is 27.1. The second kappa shape index (κ2) is 8.77. The van der Waals surface area contributed by atoms with E-state index in [1.807, 2.05) is 6.92 Å². The van der Waals surface area contributed by atoms with Gasteiger partial charge in [0.1, 0.15) is 12.1 Å². The molecule has 1 saturated carbocycles. The Morgan fingerprint density at radius 1 is 1.18 bits per heavy atom. The molecule has 4 amide bonds. The molecule has 11 nitrogen and oxygen atoms in total. The summed E-state index contributed by atoms with van der Waals surface area (Å²) in [4.78, 5) is 46.4. The number of urea groups is 1. The minimum Gasteiger partial charge on any atom is -0.325 e. The number of hydrogen-bond donors (Lipinski definition) is 3. The van der Waals surface area contributed by atoms with Gasteiger partial charge in [-0.05, 0) is 49.1 Å². The van der Waals surface area contributed by atoms with Crippen LogP contribution in [0.5, 0.6) is 0 Å². The van der Waals surface area contributed by atoms with Crippen molar-refractivity contribution in [1.29, 1.82) is 0 Å². The van der Waals surface area contributed by atoms with Crippen molar-refractivity contribution in [3.05, 3.63) is 42.7 Å². The van der Waals surface area contributed by atoms with E-state index < -0.39 is 34.0 Å². The van der Waals surface area contributed by atoms with Crippen molar-refractivity contribution < 1.29 is 22.8 Å². The topological polar surface area (TPSA) is 150 Å². The van der Waals surface area contributed by atoms with E-state index in [0.29, 0.717) is 12.1 Å². The van der Waals surface area contributed by atoms with Crippen LogP contribution < -0.4 is 15.4 Å². The summed E-state index contributed by atoms with van der Waals surface area (Å²) in [5.41, 5.74) is -0.608. The van der Waals surface area contributed by atoms with Gasteiger partial charge in [-0.3, -0.25) is 14.5 Å². The third-order valence-electron chi connectivity index (χ3n) is 6.04. The molecule has 1 aromatic heterocycles. The molecule has 0 bridgehead atoms. The molecule has 2 atom stereocenters. The van der Waals surface area contributed by atoms with Gasteiger partial charge < -0.3 is 10.6 Å². The molecular formula is C21H24N6O5S. The molecule has 1 saturated heterocycles. The van der Waals surface area contributed by atoms with Crippen LogP contribution in [0.4, 0.5) is 16.4 Å². The molecule has 4 rings (SSSR count). The van der Waals surface area contributed by atoms with E-state index in [4.69, 9.17) is 0 Å². The standard InChI is InChI=1S/C21H24N6O5S/c1-14-5-2-3-10-21(14)18(29)27(20(30)25-21)13-17(28)24-15-6-8-16(9-7-15)33(31,32)26-19-22-11-4-12-23-19/h4,6-9,11-12,14H,2-3,5,10,13H2,1H3,(H,24,28)(H,25,30)(H,22,23,26)/t14-,21+/m1/s1. The summed E-state index contributed by atoms with van der Waals surface area (Å²) in [7, 11) is -3.91. The number of benzene rings is 1. The summed E-state index contributed by atoms with van der Waals surface area (Å²) in [6.45, 7) is 1.52. The van der Waals surface area contributed by atoms with Crippen molar-refractivity contribution in [2.75, 3.05) is 16.6 Å². The van der Waals surface area contributed by atoms with Crippen LogP contribution in [-0.4, -0.2) is 53.2 Å². The van der Waals surface area contributed by atoms with E-state index in [1.165, 1.54) is 36.7 Å². The van der Waals surface area contributed by atoms with Gasteiger partial charge >= 0.3 is 6.03 Å². The number of amides is 4. The average Bonchev–Trinajstić information content (AvgIpc) is 3.01. The highest BCUT2D eigenvalue weighted by molar-refractivity contribution is 7.92. The molecule has 12 heteroatoms. The zero-order valence-corrected chi connectivity index (χ0v) is 18.8. The Kier molecular flexibility index (Phi) is 6.02. The molecule has 2 aliphatic rings. The molecule has 1 spiro atoms. The Bertz CT molecular complexity index is 1170. The summed E-state index contributed by atoms with van der Waals surface area (Å²) in [6.07, 6.45) is 6.07. The van der Waals surface area contributed by atoms with Gasteiger partial charge in [0.25, 0.3) is 15.9 Å². The first-order chi connectivity index (χ1) is 15.7. The maximum Gasteiger partial charge on any atom is 0.325 e. The monoisotopic (exact) mass is 472 g/mol. The third kappa shape index (κ3) is 4.51. The highest BCUT2D eigenvalue weighted by atomic mass is 32.2. The van der Waals surface area contributed by atoms with Crippen molar-refractivity contribution in [2.24, 2.45) is 5.92 Å². The molecule has 1 aliphatic carbocycles. The van der Waals surface area contributed by atoms with Gasteiger partial charge in [0.05, 0.1) is 4.90 Å². The van der Waals surface area contributed by atoms with Crippen LogP contribution in [0, 0.1) is 5.92 Å². The number of carbonyl (C=O) groups is 3. The van der Waals surface area contributed by atoms with Gasteiger partial charge in [-0.1, -0.05) is 19.8 Å². The quantitative estimate of drug-likeness (QED) is 0.542. The van der Waals surface area contributed by atoms with Gasteiger partial charge in [-0.2, -0.15) is 0 Å². The molecule has 2 aromatic rings. The second-order valence-electron chi connectivity index (χ2n) is 8.19. The molecule has 1 aromatic carbocycles. The van der Waals surface area contributed by atoms with Crippen LogP contribution in [0.15, 0.2) is 47.6 Å². The number of carbonyl (C=O) groups excluding carboxylic acids is 3. The molecule has 0 unspecified atom stereocenters. The normalized spacial score (nSPS) is 22.8. The van der Waals surface area contributed by atoms with E-state index in [9.17, 15) is 22.8 Å². The van der Waals surface area contributed by atoms with Gasteiger partial charge in [-0.15, -0.1) is 0 Å². The molecule has 33 heavy (non-hydrogen) atoms. The van der Waals surface area contributed by atoms with Crippen molar-refractivity contribution >= 4 is 39.5 Å². The van der Waals surface area contributed by atoms with Crippen molar-refractivity contribution in [2.45, 2.75) is 43.0 Å². The smallest absolute Gasteiger partial charge is 0.325 e. The number of anilines is 2. The average molecular weight is 473 g/mol. The van der Waals surface area contributed by atoms with Gasteiger partial charge in [0, 0.05) is 18.1 Å². The minimum atomic E-state index is -3.91. The molecule has 0 radical (unpaired) electrons. The lowest BCUT2D eigenvalue weighted by molar-refractivity contribution is -0.136. The van der Waals surface area contributed by atoms with E-state index in [2.05, 4.69) is 25.3 Å². The summed E-state index contributed by atoms with van der Waals surface area (Å²) in [5, 5.41) is 5.39. The van der Waals surface area contributed by atoms with Crippen LogP contribution in [-0.2, 0) is 19.6 Å². The lowest BCUT2D eigenvalue weighted by atomic mass is 9.73. The Hall–Kier alpha value is -3.54. The predicted octanol–water partition coefficient (Wildman–Crippen LogP) is 1.72. The van der Waals surface area contributed by atoms with E-state index in [-0.39, 0.29) is 22.7 Å². The molecule has 2 heterocycles. The zero-order valence-electron chi connectivity index (χ0n) is 17.9. The zero-order chi connectivity index (χ0) is 23.6. The number of nitrogens with one attached hydrogen (secondary N) is 3. The summed E-state index contributed by atoms with van der Waals surface area (Å²) in [6, 6.07) is 6.44. The fourth-order valence-corrected chi connectivity index (χ4v) is 5.19. The third-order valence-corrected chi connectivity index (χ3v) is 7.39. The number of rotatable bonds is 6.